The lowest BCUT2D eigenvalue weighted by Crippen LogP contribution is -2.50. The van der Waals surface area contributed by atoms with Gasteiger partial charge >= 0.3 is 0 Å². The van der Waals surface area contributed by atoms with Crippen LogP contribution in [0.3, 0.4) is 0 Å². The van der Waals surface area contributed by atoms with Crippen molar-refractivity contribution >= 4 is 15.9 Å². The summed E-state index contributed by atoms with van der Waals surface area (Å²) < 4.78 is 24.4. The molecule has 0 unspecified atom stereocenters. The average molecular weight is 346 g/mol. The predicted molar refractivity (Wildman–Crippen MR) is 89.8 cm³/mol. The van der Waals surface area contributed by atoms with Gasteiger partial charge in [-0.05, 0) is 17.7 Å². The van der Waals surface area contributed by atoms with Gasteiger partial charge in [-0.3, -0.25) is 4.79 Å². The summed E-state index contributed by atoms with van der Waals surface area (Å²) in [5, 5.41) is 0. The predicted octanol–water partition coefficient (Wildman–Crippen LogP) is 0.861. The van der Waals surface area contributed by atoms with E-state index in [0.717, 1.165) is 11.1 Å². The highest BCUT2D eigenvalue weighted by Gasteiger charge is 2.26. The molecule has 2 aromatic rings. The molecule has 1 aromatic heterocycles. The van der Waals surface area contributed by atoms with E-state index in [1.807, 2.05) is 12.1 Å². The number of benzene rings is 1. The number of carbonyl (C=O) groups excluding carboxylic acids is 1. The van der Waals surface area contributed by atoms with Gasteiger partial charge in [0.2, 0.25) is 10.0 Å². The van der Waals surface area contributed by atoms with Gasteiger partial charge < -0.3 is 4.90 Å². The molecule has 1 saturated heterocycles. The minimum absolute atomic E-state index is 0.0842. The van der Waals surface area contributed by atoms with Crippen molar-refractivity contribution in [3.8, 4) is 11.1 Å². The van der Waals surface area contributed by atoms with Crippen LogP contribution >= 0.6 is 0 Å². The topological polar surface area (TPSA) is 83.5 Å². The van der Waals surface area contributed by atoms with Crippen LogP contribution in [0.2, 0.25) is 0 Å². The highest BCUT2D eigenvalue weighted by molar-refractivity contribution is 7.88. The minimum atomic E-state index is -3.19. The number of carbonyl (C=O) groups is 1. The van der Waals surface area contributed by atoms with Gasteiger partial charge in [0.15, 0.2) is 0 Å². The summed E-state index contributed by atoms with van der Waals surface area (Å²) in [7, 11) is -3.19. The van der Waals surface area contributed by atoms with E-state index < -0.39 is 10.0 Å². The third kappa shape index (κ3) is 3.60. The molecule has 0 saturated carbocycles. The molecule has 0 radical (unpaired) electrons. The summed E-state index contributed by atoms with van der Waals surface area (Å²) in [4.78, 5) is 22.2. The quantitative estimate of drug-likeness (QED) is 0.823. The van der Waals surface area contributed by atoms with Gasteiger partial charge in [-0.15, -0.1) is 0 Å². The molecule has 8 heteroatoms. The fourth-order valence-corrected chi connectivity index (χ4v) is 3.49. The van der Waals surface area contributed by atoms with E-state index in [4.69, 9.17) is 0 Å². The first-order chi connectivity index (χ1) is 11.4. The van der Waals surface area contributed by atoms with Crippen LogP contribution in [-0.2, 0) is 10.0 Å². The second-order valence-electron chi connectivity index (χ2n) is 5.66. The van der Waals surface area contributed by atoms with E-state index in [1.54, 1.807) is 29.4 Å². The normalized spacial score (nSPS) is 16.1. The third-order valence-corrected chi connectivity index (χ3v) is 5.32. The average Bonchev–Trinajstić information content (AvgIpc) is 2.61. The van der Waals surface area contributed by atoms with Crippen molar-refractivity contribution in [3.05, 3.63) is 48.5 Å². The molecular formula is C16H18N4O3S. The first-order valence-electron chi connectivity index (χ1n) is 7.55. The van der Waals surface area contributed by atoms with E-state index in [9.17, 15) is 13.2 Å². The number of amides is 1. The molecule has 1 aliphatic heterocycles. The maximum absolute atomic E-state index is 12.5. The molecular weight excluding hydrogens is 328 g/mol. The molecule has 7 nitrogen and oxygen atoms in total. The molecule has 0 atom stereocenters. The molecule has 3 rings (SSSR count). The van der Waals surface area contributed by atoms with E-state index in [2.05, 4.69) is 9.97 Å². The van der Waals surface area contributed by atoms with E-state index in [-0.39, 0.29) is 5.91 Å². The fourth-order valence-electron chi connectivity index (χ4n) is 2.66. The first kappa shape index (κ1) is 16.5. The van der Waals surface area contributed by atoms with Gasteiger partial charge in [-0.1, -0.05) is 12.1 Å². The Hall–Kier alpha value is -2.32. The summed E-state index contributed by atoms with van der Waals surface area (Å²) in [5.41, 5.74) is 2.41. The Morgan fingerprint density at radius 1 is 0.958 bits per heavy atom. The van der Waals surface area contributed by atoms with Gasteiger partial charge in [0, 0.05) is 49.7 Å². The van der Waals surface area contributed by atoms with E-state index in [1.165, 1.54) is 16.9 Å². The van der Waals surface area contributed by atoms with Crippen molar-refractivity contribution in [2.45, 2.75) is 0 Å². The van der Waals surface area contributed by atoms with Crippen LogP contribution in [0.4, 0.5) is 0 Å². The van der Waals surface area contributed by atoms with Gasteiger partial charge in [-0.2, -0.15) is 4.31 Å². The van der Waals surface area contributed by atoms with Crippen molar-refractivity contribution in [1.82, 2.24) is 19.2 Å². The van der Waals surface area contributed by atoms with Crippen LogP contribution in [0.15, 0.2) is 43.0 Å². The number of aromatic nitrogens is 2. The van der Waals surface area contributed by atoms with Crippen LogP contribution in [0.25, 0.3) is 11.1 Å². The number of nitrogens with zero attached hydrogens (tertiary/aromatic N) is 4. The Balaban J connectivity index is 1.68. The van der Waals surface area contributed by atoms with Gasteiger partial charge in [0.25, 0.3) is 5.91 Å². The third-order valence-electron chi connectivity index (χ3n) is 4.02. The highest BCUT2D eigenvalue weighted by atomic mass is 32.2. The second kappa shape index (κ2) is 6.66. The SMILES string of the molecule is CS(=O)(=O)N1CCN(C(=O)c2ccc(-c3cncnc3)cc2)CC1. The molecule has 1 aliphatic rings. The summed E-state index contributed by atoms with van der Waals surface area (Å²) in [6.07, 6.45) is 6.09. The summed E-state index contributed by atoms with van der Waals surface area (Å²) >= 11 is 0. The van der Waals surface area contributed by atoms with Gasteiger partial charge in [0.05, 0.1) is 6.26 Å². The Bertz CT molecular complexity index is 814. The van der Waals surface area contributed by atoms with Crippen LogP contribution in [0, 0.1) is 0 Å². The lowest BCUT2D eigenvalue weighted by Gasteiger charge is -2.33. The summed E-state index contributed by atoms with van der Waals surface area (Å²) in [6, 6.07) is 7.26. The largest absolute Gasteiger partial charge is 0.336 e. The molecule has 0 spiro atoms. The Morgan fingerprint density at radius 2 is 1.54 bits per heavy atom. The van der Waals surface area contributed by atoms with Crippen molar-refractivity contribution in [2.75, 3.05) is 32.4 Å². The Kier molecular flexibility index (Phi) is 4.59. The molecule has 0 bridgehead atoms. The lowest BCUT2D eigenvalue weighted by atomic mass is 10.1. The Labute approximate surface area is 141 Å². The monoisotopic (exact) mass is 346 g/mol. The number of hydrogen-bond acceptors (Lipinski definition) is 5. The zero-order valence-corrected chi connectivity index (χ0v) is 14.1. The van der Waals surface area contributed by atoms with Crippen LogP contribution in [0.5, 0.6) is 0 Å². The fraction of sp³-hybridized carbons (Fsp3) is 0.312. The highest BCUT2D eigenvalue weighted by Crippen LogP contribution is 2.19. The molecule has 1 amide bonds. The molecule has 0 aliphatic carbocycles. The number of piperazine rings is 1. The van der Waals surface area contributed by atoms with E-state index >= 15 is 0 Å². The standard InChI is InChI=1S/C16H18N4O3S/c1-24(22,23)20-8-6-19(7-9-20)16(21)14-4-2-13(3-5-14)15-10-17-12-18-11-15/h2-5,10-12H,6-9H2,1H3. The zero-order valence-electron chi connectivity index (χ0n) is 13.3. The molecule has 1 aromatic carbocycles. The molecule has 24 heavy (non-hydrogen) atoms. The molecule has 0 N–H and O–H groups in total. The van der Waals surface area contributed by atoms with Crippen molar-refractivity contribution in [3.63, 3.8) is 0 Å². The second-order valence-corrected chi connectivity index (χ2v) is 7.64. The van der Waals surface area contributed by atoms with Crippen molar-refractivity contribution in [2.24, 2.45) is 0 Å². The van der Waals surface area contributed by atoms with Crippen molar-refractivity contribution < 1.29 is 13.2 Å². The zero-order chi connectivity index (χ0) is 17.2. The van der Waals surface area contributed by atoms with Gasteiger partial charge in [-0.25, -0.2) is 18.4 Å². The first-order valence-corrected chi connectivity index (χ1v) is 9.40. The minimum Gasteiger partial charge on any atom is -0.336 e. The lowest BCUT2D eigenvalue weighted by molar-refractivity contribution is 0.0698. The van der Waals surface area contributed by atoms with Crippen LogP contribution in [0.1, 0.15) is 10.4 Å². The maximum Gasteiger partial charge on any atom is 0.253 e. The molecule has 126 valence electrons. The smallest absolute Gasteiger partial charge is 0.253 e. The van der Waals surface area contributed by atoms with Crippen LogP contribution < -0.4 is 0 Å². The molecule has 2 heterocycles. The van der Waals surface area contributed by atoms with Gasteiger partial charge in [0.1, 0.15) is 6.33 Å². The van der Waals surface area contributed by atoms with Crippen molar-refractivity contribution in [1.29, 1.82) is 0 Å². The maximum atomic E-state index is 12.5. The molecule has 1 fully saturated rings. The number of sulfonamides is 1. The number of rotatable bonds is 3. The number of hydrogen-bond donors (Lipinski definition) is 0. The summed E-state index contributed by atoms with van der Waals surface area (Å²) in [6.45, 7) is 1.48. The van der Waals surface area contributed by atoms with E-state index in [0.29, 0.717) is 31.7 Å². The summed E-state index contributed by atoms with van der Waals surface area (Å²) in [5.74, 6) is -0.0842. The Morgan fingerprint density at radius 3 is 2.08 bits per heavy atom. The van der Waals surface area contributed by atoms with Crippen LogP contribution in [-0.4, -0.2) is 65.9 Å².